The average molecular weight is 245 g/mol. The van der Waals surface area contributed by atoms with E-state index in [1.54, 1.807) is 0 Å². The second-order valence-corrected chi connectivity index (χ2v) is 2.81. The normalized spacial score (nSPS) is 12.6. The van der Waals surface area contributed by atoms with Gasteiger partial charge in [0, 0.05) is 12.3 Å². The summed E-state index contributed by atoms with van der Waals surface area (Å²) in [4.78, 5) is 3.08. The van der Waals surface area contributed by atoms with Crippen LogP contribution in [0.4, 0.5) is 26.3 Å². The highest BCUT2D eigenvalue weighted by Gasteiger charge is 2.58. The maximum absolute atomic E-state index is 12.4. The van der Waals surface area contributed by atoms with Crippen LogP contribution in [0.3, 0.4) is 0 Å². The maximum Gasteiger partial charge on any atom is 0.456 e. The Bertz CT molecular complexity index is 364. The molecule has 0 atom stereocenters. The fourth-order valence-electron chi connectivity index (χ4n) is 0.730. The van der Waals surface area contributed by atoms with Gasteiger partial charge in [0.05, 0.1) is 0 Å². The Labute approximate surface area is 85.9 Å². The van der Waals surface area contributed by atoms with Crippen molar-refractivity contribution in [2.24, 2.45) is 0 Å². The van der Waals surface area contributed by atoms with Gasteiger partial charge in [-0.1, -0.05) is 0 Å². The van der Waals surface area contributed by atoms with Crippen LogP contribution in [0, 0.1) is 5.95 Å². The molecular weight excluding hydrogens is 240 g/mol. The highest BCUT2D eigenvalue weighted by Crippen LogP contribution is 2.35. The van der Waals surface area contributed by atoms with Gasteiger partial charge in [-0.05, 0) is 6.07 Å². The van der Waals surface area contributed by atoms with Gasteiger partial charge in [-0.3, -0.25) is 0 Å². The van der Waals surface area contributed by atoms with Gasteiger partial charge in [-0.25, -0.2) is 4.98 Å². The van der Waals surface area contributed by atoms with Crippen molar-refractivity contribution >= 4 is 0 Å². The van der Waals surface area contributed by atoms with E-state index in [1.165, 1.54) is 0 Å². The van der Waals surface area contributed by atoms with Crippen molar-refractivity contribution in [3.05, 3.63) is 24.3 Å². The number of halogens is 6. The molecule has 1 rings (SSSR count). The number of hydrogen-bond acceptors (Lipinski definition) is 2. The van der Waals surface area contributed by atoms with E-state index < -0.39 is 30.4 Å². The second-order valence-electron chi connectivity index (χ2n) is 2.81. The van der Waals surface area contributed by atoms with Gasteiger partial charge in [0.2, 0.25) is 5.95 Å². The van der Waals surface area contributed by atoms with E-state index in [-0.39, 0.29) is 0 Å². The van der Waals surface area contributed by atoms with Crippen LogP contribution in [0.25, 0.3) is 0 Å². The first-order chi connectivity index (χ1) is 7.22. The van der Waals surface area contributed by atoms with Crippen LogP contribution in [0.2, 0.25) is 0 Å². The molecule has 1 heterocycles. The van der Waals surface area contributed by atoms with Gasteiger partial charge >= 0.3 is 12.1 Å². The summed E-state index contributed by atoms with van der Waals surface area (Å²) in [6.45, 7) is -1.90. The molecule has 0 spiro atoms. The molecular formula is C8H5F6NO. The van der Waals surface area contributed by atoms with Gasteiger partial charge in [0.1, 0.15) is 5.75 Å². The van der Waals surface area contributed by atoms with Gasteiger partial charge < -0.3 is 4.74 Å². The van der Waals surface area contributed by atoms with Crippen LogP contribution in [0.1, 0.15) is 0 Å². The van der Waals surface area contributed by atoms with Gasteiger partial charge in [-0.15, -0.1) is 0 Å². The Balaban J connectivity index is 2.65. The lowest BCUT2D eigenvalue weighted by molar-refractivity contribution is -0.290. The molecule has 0 saturated heterocycles. The number of ether oxygens (including phenoxy) is 1. The molecule has 0 N–H and O–H groups in total. The standard InChI is InChI=1S/C8H5F6NO/c9-6-3-5(1-2-15-6)16-4-7(10,11)8(12,13)14/h1-3H,4H2. The molecule has 8 heteroatoms. The van der Waals surface area contributed by atoms with Crippen molar-refractivity contribution < 1.29 is 31.1 Å². The molecule has 0 aliphatic heterocycles. The molecule has 0 aromatic carbocycles. The molecule has 1 aromatic heterocycles. The molecule has 90 valence electrons. The molecule has 0 aliphatic carbocycles. The van der Waals surface area contributed by atoms with Crippen LogP contribution >= 0.6 is 0 Å². The van der Waals surface area contributed by atoms with Crippen molar-refractivity contribution in [3.8, 4) is 5.75 Å². The Kier molecular flexibility index (Phi) is 3.30. The summed E-state index contributed by atoms with van der Waals surface area (Å²) in [5.74, 6) is -6.46. The van der Waals surface area contributed by atoms with Crippen molar-refractivity contribution in [3.63, 3.8) is 0 Å². The minimum Gasteiger partial charge on any atom is -0.487 e. The van der Waals surface area contributed by atoms with Gasteiger partial charge in [0.25, 0.3) is 0 Å². The smallest absolute Gasteiger partial charge is 0.456 e. The van der Waals surface area contributed by atoms with Crippen molar-refractivity contribution in [1.82, 2.24) is 4.98 Å². The van der Waals surface area contributed by atoms with Crippen LogP contribution in [-0.4, -0.2) is 23.7 Å². The number of aromatic nitrogens is 1. The molecule has 0 amide bonds. The lowest BCUT2D eigenvalue weighted by Gasteiger charge is -2.19. The highest BCUT2D eigenvalue weighted by molar-refractivity contribution is 5.17. The largest absolute Gasteiger partial charge is 0.487 e. The zero-order chi connectivity index (χ0) is 12.4. The first-order valence-corrected chi connectivity index (χ1v) is 3.91. The van der Waals surface area contributed by atoms with Crippen molar-refractivity contribution in [2.45, 2.75) is 12.1 Å². The van der Waals surface area contributed by atoms with Crippen LogP contribution in [0.15, 0.2) is 18.3 Å². The summed E-state index contributed by atoms with van der Waals surface area (Å²) in [5.41, 5.74) is 0. The summed E-state index contributed by atoms with van der Waals surface area (Å²) in [7, 11) is 0. The van der Waals surface area contributed by atoms with Gasteiger partial charge in [-0.2, -0.15) is 26.3 Å². The summed E-state index contributed by atoms with van der Waals surface area (Å²) in [5, 5.41) is 0. The van der Waals surface area contributed by atoms with E-state index in [9.17, 15) is 26.3 Å². The Hall–Kier alpha value is -1.47. The number of nitrogens with zero attached hydrogens (tertiary/aromatic N) is 1. The summed E-state index contributed by atoms with van der Waals surface area (Å²) in [6.07, 6.45) is -4.81. The van der Waals surface area contributed by atoms with E-state index >= 15 is 0 Å². The average Bonchev–Trinajstić information content (AvgIpc) is 2.13. The quantitative estimate of drug-likeness (QED) is 0.603. The first kappa shape index (κ1) is 12.6. The lowest BCUT2D eigenvalue weighted by atomic mass is 10.3. The Morgan fingerprint density at radius 3 is 2.31 bits per heavy atom. The maximum atomic E-state index is 12.4. The third-order valence-corrected chi connectivity index (χ3v) is 1.53. The minimum absolute atomic E-state index is 0.448. The topological polar surface area (TPSA) is 22.1 Å². The zero-order valence-corrected chi connectivity index (χ0v) is 7.56. The summed E-state index contributed by atoms with van der Waals surface area (Å²) in [6, 6.07) is 1.57. The number of alkyl halides is 5. The van der Waals surface area contributed by atoms with E-state index in [2.05, 4.69) is 9.72 Å². The molecule has 0 fully saturated rings. The van der Waals surface area contributed by atoms with Crippen LogP contribution < -0.4 is 4.74 Å². The fourth-order valence-corrected chi connectivity index (χ4v) is 0.730. The molecule has 2 nitrogen and oxygen atoms in total. The van der Waals surface area contributed by atoms with E-state index in [4.69, 9.17) is 0 Å². The number of rotatable bonds is 3. The minimum atomic E-state index is -5.70. The van der Waals surface area contributed by atoms with E-state index in [0.717, 1.165) is 12.3 Å². The second kappa shape index (κ2) is 4.18. The van der Waals surface area contributed by atoms with Crippen LogP contribution in [-0.2, 0) is 0 Å². The highest BCUT2D eigenvalue weighted by atomic mass is 19.4. The Morgan fingerprint density at radius 2 is 1.81 bits per heavy atom. The summed E-state index contributed by atoms with van der Waals surface area (Å²) >= 11 is 0. The zero-order valence-electron chi connectivity index (χ0n) is 7.56. The molecule has 0 aliphatic rings. The molecule has 0 saturated carbocycles. The molecule has 16 heavy (non-hydrogen) atoms. The van der Waals surface area contributed by atoms with Crippen molar-refractivity contribution in [1.29, 1.82) is 0 Å². The fraction of sp³-hybridized carbons (Fsp3) is 0.375. The third-order valence-electron chi connectivity index (χ3n) is 1.53. The molecule has 0 bridgehead atoms. The third kappa shape index (κ3) is 3.01. The van der Waals surface area contributed by atoms with Crippen LogP contribution in [0.5, 0.6) is 5.75 Å². The first-order valence-electron chi connectivity index (χ1n) is 3.91. The van der Waals surface area contributed by atoms with Gasteiger partial charge in [0.15, 0.2) is 6.61 Å². The SMILES string of the molecule is Fc1cc(OCC(F)(F)C(F)(F)F)ccn1. The number of hydrogen-bond donors (Lipinski definition) is 0. The Morgan fingerprint density at radius 1 is 1.19 bits per heavy atom. The molecule has 0 radical (unpaired) electrons. The van der Waals surface area contributed by atoms with Crippen molar-refractivity contribution in [2.75, 3.05) is 6.61 Å². The lowest BCUT2D eigenvalue weighted by Crippen LogP contribution is -2.41. The monoisotopic (exact) mass is 245 g/mol. The predicted octanol–water partition coefficient (Wildman–Crippen LogP) is 2.80. The molecule has 1 aromatic rings. The molecule has 0 unspecified atom stereocenters. The number of pyridine rings is 1. The van der Waals surface area contributed by atoms with E-state index in [0.29, 0.717) is 6.07 Å². The van der Waals surface area contributed by atoms with E-state index in [1.807, 2.05) is 0 Å². The summed E-state index contributed by atoms with van der Waals surface area (Å²) < 4.78 is 76.4. The predicted molar refractivity (Wildman–Crippen MR) is 40.7 cm³/mol.